The molecule has 31 heavy (non-hydrogen) atoms. The lowest BCUT2D eigenvalue weighted by Crippen LogP contribution is -2.52. The van der Waals surface area contributed by atoms with E-state index in [0.29, 0.717) is 35.5 Å². The molecule has 2 N–H and O–H groups in total. The third-order valence-electron chi connectivity index (χ3n) is 6.90. The topological polar surface area (TPSA) is 52.8 Å². The fourth-order valence-corrected chi connectivity index (χ4v) is 5.29. The van der Waals surface area contributed by atoms with Gasteiger partial charge < -0.3 is 15.5 Å². The maximum Gasteiger partial charge on any atom is 0.239 e. The fourth-order valence-electron chi connectivity index (χ4n) is 5.16. The Bertz CT molecular complexity index is 700. The molecule has 2 aliphatic heterocycles. The molecule has 3 rings (SSSR count). The zero-order valence-corrected chi connectivity index (χ0v) is 20.5. The summed E-state index contributed by atoms with van der Waals surface area (Å²) in [6.07, 6.45) is 4.06. The SMILES string of the molecule is CC(C)CN(C1CCN(C(C)C)CC1)[C@H]1CCN(C(=O)[C@H](N)Cc2ccc(Cl)cc2)C1. The number of nitrogens with zero attached hydrogens (tertiary/aromatic N) is 3. The van der Waals surface area contributed by atoms with Crippen LogP contribution in [0.5, 0.6) is 0 Å². The van der Waals surface area contributed by atoms with Gasteiger partial charge in [0.2, 0.25) is 5.91 Å². The molecule has 0 unspecified atom stereocenters. The normalized spacial score (nSPS) is 22.1. The number of hydrogen-bond acceptors (Lipinski definition) is 4. The first kappa shape index (κ1) is 24.5. The van der Waals surface area contributed by atoms with Gasteiger partial charge in [0.25, 0.3) is 0 Å². The quantitative estimate of drug-likeness (QED) is 0.659. The van der Waals surface area contributed by atoms with Gasteiger partial charge in [0.15, 0.2) is 0 Å². The van der Waals surface area contributed by atoms with Crippen LogP contribution in [0.1, 0.15) is 52.5 Å². The molecule has 2 heterocycles. The summed E-state index contributed by atoms with van der Waals surface area (Å²) >= 11 is 5.97. The second-order valence-electron chi connectivity index (χ2n) is 10.1. The van der Waals surface area contributed by atoms with Crippen LogP contribution in [0.2, 0.25) is 5.02 Å². The highest BCUT2D eigenvalue weighted by molar-refractivity contribution is 6.30. The van der Waals surface area contributed by atoms with E-state index in [1.165, 1.54) is 25.9 Å². The third kappa shape index (κ3) is 6.67. The Morgan fingerprint density at radius 3 is 2.26 bits per heavy atom. The van der Waals surface area contributed by atoms with Gasteiger partial charge in [-0.15, -0.1) is 0 Å². The average Bonchev–Trinajstić information content (AvgIpc) is 3.23. The maximum absolute atomic E-state index is 13.1. The Balaban J connectivity index is 1.58. The smallest absolute Gasteiger partial charge is 0.239 e. The highest BCUT2D eigenvalue weighted by Gasteiger charge is 2.36. The summed E-state index contributed by atoms with van der Waals surface area (Å²) in [4.78, 5) is 20.4. The van der Waals surface area contributed by atoms with Crippen molar-refractivity contribution >= 4 is 17.5 Å². The van der Waals surface area contributed by atoms with Crippen molar-refractivity contribution in [3.8, 4) is 0 Å². The van der Waals surface area contributed by atoms with Gasteiger partial charge in [-0.05, 0) is 76.2 Å². The summed E-state index contributed by atoms with van der Waals surface area (Å²) in [6, 6.07) is 8.83. The minimum Gasteiger partial charge on any atom is -0.340 e. The molecule has 2 fully saturated rings. The van der Waals surface area contributed by atoms with Crippen molar-refractivity contribution in [2.45, 2.75) is 77.5 Å². The Hall–Kier alpha value is -1.14. The van der Waals surface area contributed by atoms with Gasteiger partial charge in [-0.1, -0.05) is 37.6 Å². The lowest BCUT2D eigenvalue weighted by Gasteiger charge is -2.43. The summed E-state index contributed by atoms with van der Waals surface area (Å²) in [5.41, 5.74) is 7.37. The number of rotatable bonds is 8. The predicted molar refractivity (Wildman–Crippen MR) is 129 cm³/mol. The Kier molecular flexibility index (Phi) is 8.80. The molecule has 5 nitrogen and oxygen atoms in total. The molecule has 0 spiro atoms. The Labute approximate surface area is 193 Å². The zero-order valence-electron chi connectivity index (χ0n) is 19.8. The first-order chi connectivity index (χ1) is 14.7. The van der Waals surface area contributed by atoms with Gasteiger partial charge in [-0.25, -0.2) is 0 Å². The molecule has 0 aromatic heterocycles. The second kappa shape index (κ2) is 11.1. The molecule has 2 saturated heterocycles. The summed E-state index contributed by atoms with van der Waals surface area (Å²) in [7, 11) is 0. The minimum absolute atomic E-state index is 0.0802. The first-order valence-corrected chi connectivity index (χ1v) is 12.4. The van der Waals surface area contributed by atoms with Crippen LogP contribution in [-0.2, 0) is 11.2 Å². The lowest BCUT2D eigenvalue weighted by atomic mass is 9.98. The Morgan fingerprint density at radius 1 is 1.06 bits per heavy atom. The lowest BCUT2D eigenvalue weighted by molar-refractivity contribution is -0.131. The number of amides is 1. The molecular formula is C25H41ClN4O. The third-order valence-corrected chi connectivity index (χ3v) is 7.16. The number of nitrogens with two attached hydrogens (primary N) is 1. The van der Waals surface area contributed by atoms with Crippen molar-refractivity contribution in [1.29, 1.82) is 0 Å². The van der Waals surface area contributed by atoms with Crippen LogP contribution in [0.4, 0.5) is 0 Å². The molecule has 1 amide bonds. The largest absolute Gasteiger partial charge is 0.340 e. The molecule has 174 valence electrons. The summed E-state index contributed by atoms with van der Waals surface area (Å²) in [5.74, 6) is 0.705. The number of halogens is 1. The van der Waals surface area contributed by atoms with Gasteiger partial charge >= 0.3 is 0 Å². The Morgan fingerprint density at radius 2 is 1.68 bits per heavy atom. The fraction of sp³-hybridized carbons (Fsp3) is 0.720. The van der Waals surface area contributed by atoms with Gasteiger partial charge in [0.1, 0.15) is 0 Å². The second-order valence-corrected chi connectivity index (χ2v) is 10.6. The van der Waals surface area contributed by atoms with E-state index >= 15 is 0 Å². The van der Waals surface area contributed by atoms with Crippen molar-refractivity contribution in [2.75, 3.05) is 32.7 Å². The summed E-state index contributed by atoms with van der Waals surface area (Å²) in [5, 5.41) is 0.704. The van der Waals surface area contributed by atoms with Crippen LogP contribution in [0.15, 0.2) is 24.3 Å². The molecule has 2 atom stereocenters. The van der Waals surface area contributed by atoms with E-state index in [4.69, 9.17) is 17.3 Å². The molecule has 1 aromatic carbocycles. The monoisotopic (exact) mass is 448 g/mol. The van der Waals surface area contributed by atoms with E-state index in [9.17, 15) is 4.79 Å². The molecular weight excluding hydrogens is 408 g/mol. The van der Waals surface area contributed by atoms with E-state index < -0.39 is 6.04 Å². The number of benzene rings is 1. The van der Waals surface area contributed by atoms with E-state index in [0.717, 1.165) is 31.6 Å². The molecule has 0 radical (unpaired) electrons. The van der Waals surface area contributed by atoms with Crippen LogP contribution in [0.3, 0.4) is 0 Å². The number of likely N-dealkylation sites (tertiary alicyclic amines) is 2. The van der Waals surface area contributed by atoms with E-state index in [-0.39, 0.29) is 5.91 Å². The van der Waals surface area contributed by atoms with Crippen molar-refractivity contribution in [3.05, 3.63) is 34.9 Å². The average molecular weight is 449 g/mol. The van der Waals surface area contributed by atoms with Crippen molar-refractivity contribution < 1.29 is 4.79 Å². The van der Waals surface area contributed by atoms with Crippen molar-refractivity contribution in [1.82, 2.24) is 14.7 Å². The van der Waals surface area contributed by atoms with Crippen LogP contribution in [0, 0.1) is 5.92 Å². The van der Waals surface area contributed by atoms with Crippen LogP contribution >= 0.6 is 11.6 Å². The van der Waals surface area contributed by atoms with Crippen molar-refractivity contribution in [2.24, 2.45) is 11.7 Å². The van der Waals surface area contributed by atoms with E-state index in [1.807, 2.05) is 29.2 Å². The first-order valence-electron chi connectivity index (χ1n) is 12.0. The van der Waals surface area contributed by atoms with Gasteiger partial charge in [0, 0.05) is 42.8 Å². The van der Waals surface area contributed by atoms with E-state index in [2.05, 4.69) is 37.5 Å². The molecule has 0 aliphatic carbocycles. The highest BCUT2D eigenvalue weighted by Crippen LogP contribution is 2.26. The van der Waals surface area contributed by atoms with Crippen molar-refractivity contribution in [3.63, 3.8) is 0 Å². The van der Waals surface area contributed by atoms with Gasteiger partial charge in [-0.2, -0.15) is 0 Å². The van der Waals surface area contributed by atoms with Crippen LogP contribution in [-0.4, -0.2) is 77.5 Å². The van der Waals surface area contributed by atoms with E-state index in [1.54, 1.807) is 0 Å². The number of carbonyl (C=O) groups is 1. The van der Waals surface area contributed by atoms with Crippen LogP contribution in [0.25, 0.3) is 0 Å². The highest BCUT2D eigenvalue weighted by atomic mass is 35.5. The molecule has 0 saturated carbocycles. The van der Waals surface area contributed by atoms with Crippen LogP contribution < -0.4 is 5.73 Å². The van der Waals surface area contributed by atoms with Gasteiger partial charge in [0.05, 0.1) is 6.04 Å². The zero-order chi connectivity index (χ0) is 22.5. The maximum atomic E-state index is 13.1. The molecule has 1 aromatic rings. The predicted octanol–water partition coefficient (Wildman–Crippen LogP) is 3.64. The number of piperidine rings is 1. The minimum atomic E-state index is -0.493. The van der Waals surface area contributed by atoms with Gasteiger partial charge in [-0.3, -0.25) is 9.69 Å². The molecule has 0 bridgehead atoms. The number of carbonyl (C=O) groups excluding carboxylic acids is 1. The number of hydrogen-bond donors (Lipinski definition) is 1. The molecule has 2 aliphatic rings. The summed E-state index contributed by atoms with van der Waals surface area (Å²) in [6.45, 7) is 14.3. The summed E-state index contributed by atoms with van der Waals surface area (Å²) < 4.78 is 0. The standard InChI is InChI=1S/C25H41ClN4O/c1-18(2)16-30(22-9-12-28(13-10-22)19(3)4)23-11-14-29(17-23)25(31)24(27)15-20-5-7-21(26)8-6-20/h5-8,18-19,22-24H,9-17,27H2,1-4H3/t23-,24+/m0/s1. The molecule has 6 heteroatoms.